The first-order valence-electron chi connectivity index (χ1n) is 9.52. The molecule has 1 saturated carbocycles. The first-order valence-corrected chi connectivity index (χ1v) is 9.90. The van der Waals surface area contributed by atoms with Crippen LogP contribution in [-0.2, 0) is 9.59 Å². The molecule has 0 bridgehead atoms. The number of hydrogen-bond acceptors (Lipinski definition) is 2. The molecule has 0 amide bonds. The van der Waals surface area contributed by atoms with Crippen molar-refractivity contribution in [2.45, 2.75) is 90.4 Å². The Hall–Kier alpha value is -0.630. The van der Waals surface area contributed by atoms with Gasteiger partial charge in [0.15, 0.2) is 0 Å². The Morgan fingerprint density at radius 2 is 1.87 bits per heavy atom. The second-order valence-corrected chi connectivity index (χ2v) is 7.28. The van der Waals surface area contributed by atoms with Gasteiger partial charge in [-0.1, -0.05) is 57.6 Å². The third kappa shape index (κ3) is 9.30. The molecule has 0 unspecified atom stereocenters. The molecule has 2 atom stereocenters. The normalized spacial score (nSPS) is 21.4. The number of Topliss-reactive ketones (excluding diaryl/α,β-unsaturated/α-hetero) is 1. The number of halogens is 1. The lowest BCUT2D eigenvalue weighted by atomic mass is 9.89. The zero-order chi connectivity index (χ0) is 16.9. The first kappa shape index (κ1) is 20.4. The zero-order valence-electron chi connectivity index (χ0n) is 14.7. The van der Waals surface area contributed by atoms with Gasteiger partial charge in [0.1, 0.15) is 5.78 Å². The average molecular weight is 341 g/mol. The average Bonchev–Trinajstić information content (AvgIpc) is 2.86. The third-order valence-electron chi connectivity index (χ3n) is 4.90. The Morgan fingerprint density at radius 1 is 1.13 bits per heavy atom. The second kappa shape index (κ2) is 12.8. The van der Waals surface area contributed by atoms with Gasteiger partial charge in [-0.3, -0.25) is 9.59 Å². The topological polar surface area (TPSA) is 34.1 Å². The smallest absolute Gasteiger partial charge is 0.221 e. The Balaban J connectivity index is 2.19. The summed E-state index contributed by atoms with van der Waals surface area (Å²) < 4.78 is 0. The lowest BCUT2D eigenvalue weighted by Crippen LogP contribution is -2.13. The lowest BCUT2D eigenvalue weighted by molar-refractivity contribution is -0.121. The van der Waals surface area contributed by atoms with E-state index in [1.165, 1.54) is 25.7 Å². The zero-order valence-corrected chi connectivity index (χ0v) is 15.5. The van der Waals surface area contributed by atoms with Gasteiger partial charge in [0.25, 0.3) is 0 Å². The molecule has 2 nitrogen and oxygen atoms in total. The summed E-state index contributed by atoms with van der Waals surface area (Å²) in [5.74, 6) is 1.18. The number of rotatable bonds is 13. The quantitative estimate of drug-likeness (QED) is 0.227. The Bertz CT molecular complexity index is 376. The van der Waals surface area contributed by atoms with E-state index in [-0.39, 0.29) is 11.2 Å². The van der Waals surface area contributed by atoms with Crippen molar-refractivity contribution in [1.29, 1.82) is 0 Å². The van der Waals surface area contributed by atoms with Gasteiger partial charge in [-0.25, -0.2) is 0 Å². The highest BCUT2D eigenvalue weighted by Crippen LogP contribution is 2.34. The molecule has 23 heavy (non-hydrogen) atoms. The highest BCUT2D eigenvalue weighted by atomic mass is 35.5. The summed E-state index contributed by atoms with van der Waals surface area (Å²) in [5.41, 5.74) is 0. The Morgan fingerprint density at radius 3 is 2.61 bits per heavy atom. The number of carbonyl (C=O) groups is 2. The van der Waals surface area contributed by atoms with Crippen molar-refractivity contribution in [2.75, 3.05) is 0 Å². The summed E-state index contributed by atoms with van der Waals surface area (Å²) in [6.45, 7) is 2.23. The molecule has 0 radical (unpaired) electrons. The van der Waals surface area contributed by atoms with Gasteiger partial charge in [0.2, 0.25) is 5.24 Å². The fourth-order valence-corrected chi connectivity index (χ4v) is 3.62. The molecule has 0 aliphatic heterocycles. The predicted molar refractivity (Wildman–Crippen MR) is 97.7 cm³/mol. The molecule has 3 heteroatoms. The van der Waals surface area contributed by atoms with Crippen molar-refractivity contribution in [3.05, 3.63) is 12.2 Å². The molecule has 0 spiro atoms. The number of hydrogen-bond donors (Lipinski definition) is 0. The molecule has 1 rings (SSSR count). The second-order valence-electron chi connectivity index (χ2n) is 6.86. The van der Waals surface area contributed by atoms with Crippen molar-refractivity contribution in [2.24, 2.45) is 11.8 Å². The molecule has 0 saturated heterocycles. The van der Waals surface area contributed by atoms with Crippen molar-refractivity contribution in [1.82, 2.24) is 0 Å². The highest BCUT2D eigenvalue weighted by molar-refractivity contribution is 6.63. The molecule has 0 aromatic heterocycles. The maximum absolute atomic E-state index is 12.1. The van der Waals surface area contributed by atoms with Gasteiger partial charge in [0.05, 0.1) is 0 Å². The molecule has 132 valence electrons. The summed E-state index contributed by atoms with van der Waals surface area (Å²) in [7, 11) is 0. The maximum atomic E-state index is 12.1. The highest BCUT2D eigenvalue weighted by Gasteiger charge is 2.31. The summed E-state index contributed by atoms with van der Waals surface area (Å²) in [6.07, 6.45) is 18.4. The van der Waals surface area contributed by atoms with E-state index < -0.39 is 0 Å². The van der Waals surface area contributed by atoms with Crippen molar-refractivity contribution in [3.8, 4) is 0 Å². The number of carbonyl (C=O) groups excluding carboxylic acids is 2. The van der Waals surface area contributed by atoms with Crippen LogP contribution >= 0.6 is 11.6 Å². The van der Waals surface area contributed by atoms with Gasteiger partial charge in [-0.2, -0.15) is 0 Å². The lowest BCUT2D eigenvalue weighted by Gasteiger charge is -2.14. The summed E-state index contributed by atoms with van der Waals surface area (Å²) in [4.78, 5) is 22.7. The molecule has 1 aliphatic rings. The molecule has 1 fully saturated rings. The Labute approximate surface area is 147 Å². The molecule has 0 N–H and O–H groups in total. The molecule has 1 aliphatic carbocycles. The molecular formula is C20H33ClO2. The van der Waals surface area contributed by atoms with E-state index in [1.807, 2.05) is 0 Å². The number of ketones is 1. The van der Waals surface area contributed by atoms with E-state index in [0.29, 0.717) is 18.1 Å². The fourth-order valence-electron chi connectivity index (χ4n) is 3.48. The van der Waals surface area contributed by atoms with Crippen LogP contribution in [0.2, 0.25) is 0 Å². The minimum atomic E-state index is -0.236. The van der Waals surface area contributed by atoms with Crippen LogP contribution in [0, 0.1) is 11.8 Å². The van der Waals surface area contributed by atoms with Gasteiger partial charge in [0, 0.05) is 18.8 Å². The van der Waals surface area contributed by atoms with Crippen LogP contribution in [0.5, 0.6) is 0 Å². The molecule has 0 heterocycles. The van der Waals surface area contributed by atoms with Crippen LogP contribution in [0.4, 0.5) is 0 Å². The molecular weight excluding hydrogens is 308 g/mol. The van der Waals surface area contributed by atoms with E-state index in [1.54, 1.807) is 0 Å². The molecule has 0 aromatic carbocycles. The van der Waals surface area contributed by atoms with Crippen molar-refractivity contribution >= 4 is 22.6 Å². The number of allylic oxidation sites excluding steroid dienone is 2. The minimum Gasteiger partial charge on any atom is -0.299 e. The van der Waals surface area contributed by atoms with Crippen molar-refractivity contribution < 1.29 is 9.59 Å². The summed E-state index contributed by atoms with van der Waals surface area (Å²) in [6, 6.07) is 0. The van der Waals surface area contributed by atoms with Crippen LogP contribution < -0.4 is 0 Å². The van der Waals surface area contributed by atoms with E-state index in [9.17, 15) is 9.59 Å². The van der Waals surface area contributed by atoms with E-state index >= 15 is 0 Å². The first-order chi connectivity index (χ1) is 11.1. The van der Waals surface area contributed by atoms with Gasteiger partial charge in [-0.15, -0.1) is 0 Å². The van der Waals surface area contributed by atoms with Crippen LogP contribution in [0.15, 0.2) is 12.2 Å². The van der Waals surface area contributed by atoms with E-state index in [4.69, 9.17) is 11.6 Å². The van der Waals surface area contributed by atoms with Crippen LogP contribution in [0.25, 0.3) is 0 Å². The van der Waals surface area contributed by atoms with Crippen molar-refractivity contribution in [3.63, 3.8) is 0 Å². The van der Waals surface area contributed by atoms with Gasteiger partial charge < -0.3 is 0 Å². The monoisotopic (exact) mass is 340 g/mol. The Kier molecular flexibility index (Phi) is 11.3. The van der Waals surface area contributed by atoms with Gasteiger partial charge in [-0.05, 0) is 49.6 Å². The van der Waals surface area contributed by atoms with E-state index in [0.717, 1.165) is 51.4 Å². The standard InChI is InChI=1S/C20H33ClO2/c1-2-3-4-5-6-9-12-17-15-16-19(22)18(17)13-10-7-8-11-14-20(21)23/h9,12,17-18H,2-8,10-11,13-16H2,1H3/t17-,18+/m0/s1. The minimum absolute atomic E-state index is 0.236. The summed E-state index contributed by atoms with van der Waals surface area (Å²) >= 11 is 5.33. The largest absolute Gasteiger partial charge is 0.299 e. The maximum Gasteiger partial charge on any atom is 0.221 e. The van der Waals surface area contributed by atoms with Crippen LogP contribution in [-0.4, -0.2) is 11.0 Å². The fraction of sp³-hybridized carbons (Fsp3) is 0.800. The van der Waals surface area contributed by atoms with Gasteiger partial charge >= 0.3 is 0 Å². The van der Waals surface area contributed by atoms with Crippen LogP contribution in [0.1, 0.15) is 90.4 Å². The third-order valence-corrected chi connectivity index (χ3v) is 5.09. The molecule has 0 aromatic rings. The van der Waals surface area contributed by atoms with Crippen LogP contribution in [0.3, 0.4) is 0 Å². The van der Waals surface area contributed by atoms with E-state index in [2.05, 4.69) is 19.1 Å². The SMILES string of the molecule is CCCCCCC=C[C@H]1CCC(=O)[C@@H]1CCCCCCC(=O)Cl. The number of unbranched alkanes of at least 4 members (excludes halogenated alkanes) is 7. The predicted octanol–water partition coefficient (Wildman–Crippen LogP) is 6.21. The summed E-state index contributed by atoms with van der Waals surface area (Å²) in [5, 5.41) is -0.236.